The first-order valence-corrected chi connectivity index (χ1v) is 11.2. The van der Waals surface area contributed by atoms with Gasteiger partial charge < -0.3 is 19.8 Å². The predicted octanol–water partition coefficient (Wildman–Crippen LogP) is 6.07. The van der Waals surface area contributed by atoms with Crippen LogP contribution in [0.5, 0.6) is 5.75 Å². The summed E-state index contributed by atoms with van der Waals surface area (Å²) in [5.41, 5.74) is 2.88. The maximum Gasteiger partial charge on any atom is 0.291 e. The third-order valence-corrected chi connectivity index (χ3v) is 6.26. The topological polar surface area (TPSA) is 76.4 Å². The molecular weight excluding hydrogens is 422 g/mol. The van der Waals surface area contributed by atoms with Crippen LogP contribution >= 0.6 is 11.3 Å². The van der Waals surface area contributed by atoms with Crippen LogP contribution in [0.15, 0.2) is 71.3 Å². The van der Waals surface area contributed by atoms with E-state index in [9.17, 15) is 4.79 Å². The number of benzene rings is 1. The lowest BCUT2D eigenvalue weighted by molar-refractivity contribution is 0.0997. The second kappa shape index (κ2) is 9.70. The standard InChI is InChI=1S/C25H25N3O3S/c1-4-19-15-20(25(32-19)28-24(29)21-11-7-13-31-21)23(17-9-6-10-18(14-17)30-3)27-22-12-5-8-16(2)26-22/h5-15,23H,4H2,1-3H3,(H,26,27)(H,28,29). The van der Waals surface area contributed by atoms with Crippen molar-refractivity contribution in [3.63, 3.8) is 0 Å². The van der Waals surface area contributed by atoms with Crippen molar-refractivity contribution in [2.45, 2.75) is 26.3 Å². The number of amides is 1. The van der Waals surface area contributed by atoms with Crippen molar-refractivity contribution in [3.8, 4) is 5.75 Å². The molecule has 3 aromatic heterocycles. The van der Waals surface area contributed by atoms with Crippen molar-refractivity contribution in [3.05, 3.63) is 94.4 Å². The molecule has 0 aliphatic carbocycles. The molecule has 0 radical (unpaired) electrons. The van der Waals surface area contributed by atoms with E-state index in [1.165, 1.54) is 11.1 Å². The highest BCUT2D eigenvalue weighted by Crippen LogP contribution is 2.38. The molecule has 1 amide bonds. The molecule has 0 spiro atoms. The van der Waals surface area contributed by atoms with Gasteiger partial charge in [-0.2, -0.15) is 0 Å². The predicted molar refractivity (Wildman–Crippen MR) is 128 cm³/mol. The molecule has 0 saturated heterocycles. The average Bonchev–Trinajstić information content (AvgIpc) is 3.48. The van der Waals surface area contributed by atoms with E-state index >= 15 is 0 Å². The SMILES string of the molecule is CCc1cc(C(Nc2cccc(C)n2)c2cccc(OC)c2)c(NC(=O)c2ccco2)s1. The minimum atomic E-state index is -0.279. The van der Waals surface area contributed by atoms with Crippen LogP contribution in [-0.4, -0.2) is 18.0 Å². The number of furan rings is 1. The second-order valence-electron chi connectivity index (χ2n) is 7.30. The molecule has 0 aliphatic rings. The molecule has 1 unspecified atom stereocenters. The molecule has 3 heterocycles. The van der Waals surface area contributed by atoms with Gasteiger partial charge in [-0.15, -0.1) is 11.3 Å². The number of hydrogen-bond donors (Lipinski definition) is 2. The van der Waals surface area contributed by atoms with Crippen LogP contribution in [0.3, 0.4) is 0 Å². The van der Waals surface area contributed by atoms with Crippen molar-refractivity contribution in [2.24, 2.45) is 0 Å². The molecule has 0 fully saturated rings. The summed E-state index contributed by atoms with van der Waals surface area (Å²) >= 11 is 1.57. The summed E-state index contributed by atoms with van der Waals surface area (Å²) in [5, 5.41) is 7.37. The van der Waals surface area contributed by atoms with Gasteiger partial charge in [-0.25, -0.2) is 4.98 Å². The van der Waals surface area contributed by atoms with Gasteiger partial charge in [0.05, 0.1) is 19.4 Å². The summed E-state index contributed by atoms with van der Waals surface area (Å²) in [6.07, 6.45) is 2.35. The number of aromatic nitrogens is 1. The first-order valence-electron chi connectivity index (χ1n) is 10.4. The summed E-state index contributed by atoms with van der Waals surface area (Å²) in [6, 6.07) is 19.0. The van der Waals surface area contributed by atoms with Crippen LogP contribution in [-0.2, 0) is 6.42 Å². The summed E-state index contributed by atoms with van der Waals surface area (Å²) in [5.74, 6) is 1.51. The lowest BCUT2D eigenvalue weighted by Crippen LogP contribution is -2.17. The third kappa shape index (κ3) is 4.84. The number of thiophene rings is 1. The lowest BCUT2D eigenvalue weighted by atomic mass is 9.99. The van der Waals surface area contributed by atoms with Gasteiger partial charge in [-0.1, -0.05) is 25.1 Å². The Hall–Kier alpha value is -3.58. The van der Waals surface area contributed by atoms with Crippen LogP contribution in [0.2, 0.25) is 0 Å². The van der Waals surface area contributed by atoms with Crippen molar-refractivity contribution in [2.75, 3.05) is 17.7 Å². The Balaban J connectivity index is 1.77. The van der Waals surface area contributed by atoms with E-state index < -0.39 is 0 Å². The molecule has 1 atom stereocenters. The number of ether oxygens (including phenoxy) is 1. The Morgan fingerprint density at radius 3 is 2.72 bits per heavy atom. The van der Waals surface area contributed by atoms with Gasteiger partial charge >= 0.3 is 0 Å². The highest BCUT2D eigenvalue weighted by molar-refractivity contribution is 7.16. The third-order valence-electron chi connectivity index (χ3n) is 5.05. The molecule has 32 heavy (non-hydrogen) atoms. The molecule has 4 rings (SSSR count). The minimum Gasteiger partial charge on any atom is -0.497 e. The molecule has 6 nitrogen and oxygen atoms in total. The fraction of sp³-hybridized carbons (Fsp3) is 0.200. The normalized spacial score (nSPS) is 11.7. The fourth-order valence-electron chi connectivity index (χ4n) is 3.45. The van der Waals surface area contributed by atoms with Crippen molar-refractivity contribution in [1.82, 2.24) is 4.98 Å². The number of methoxy groups -OCH3 is 1. The van der Waals surface area contributed by atoms with E-state index in [0.717, 1.165) is 39.8 Å². The maximum absolute atomic E-state index is 12.7. The number of rotatable bonds is 8. The largest absolute Gasteiger partial charge is 0.497 e. The zero-order valence-corrected chi connectivity index (χ0v) is 19.0. The van der Waals surface area contributed by atoms with Crippen LogP contribution in [0.4, 0.5) is 10.8 Å². The summed E-state index contributed by atoms with van der Waals surface area (Å²) in [4.78, 5) is 18.5. The van der Waals surface area contributed by atoms with Gasteiger partial charge in [0.1, 0.15) is 16.6 Å². The van der Waals surface area contributed by atoms with Crippen molar-refractivity contribution in [1.29, 1.82) is 0 Å². The fourth-order valence-corrected chi connectivity index (χ4v) is 4.48. The Morgan fingerprint density at radius 2 is 2.00 bits per heavy atom. The van der Waals surface area contributed by atoms with Crippen molar-refractivity contribution < 1.29 is 13.9 Å². The number of nitrogens with one attached hydrogen (secondary N) is 2. The average molecular weight is 448 g/mol. The van der Waals surface area contributed by atoms with E-state index in [4.69, 9.17) is 9.15 Å². The number of pyridine rings is 1. The molecule has 7 heteroatoms. The van der Waals surface area contributed by atoms with Gasteiger partial charge in [-0.3, -0.25) is 4.79 Å². The molecular formula is C25H25N3O3S. The quantitative estimate of drug-likeness (QED) is 0.343. The summed E-state index contributed by atoms with van der Waals surface area (Å²) in [7, 11) is 1.65. The number of anilines is 2. The molecule has 0 saturated carbocycles. The van der Waals surface area contributed by atoms with E-state index in [1.54, 1.807) is 30.6 Å². The highest BCUT2D eigenvalue weighted by atomic mass is 32.1. The van der Waals surface area contributed by atoms with E-state index in [-0.39, 0.29) is 17.7 Å². The van der Waals surface area contributed by atoms with Crippen LogP contribution in [0.1, 0.15) is 45.2 Å². The Bertz CT molecular complexity index is 1200. The first-order chi connectivity index (χ1) is 15.6. The molecule has 0 bridgehead atoms. The van der Waals surface area contributed by atoms with Gasteiger partial charge in [0.2, 0.25) is 0 Å². The Kier molecular flexibility index (Phi) is 6.56. The zero-order chi connectivity index (χ0) is 22.5. The monoisotopic (exact) mass is 447 g/mol. The van der Waals surface area contributed by atoms with E-state index in [2.05, 4.69) is 28.6 Å². The maximum atomic E-state index is 12.7. The van der Waals surface area contributed by atoms with E-state index in [1.807, 2.05) is 49.4 Å². The number of nitrogens with zero attached hydrogens (tertiary/aromatic N) is 1. The lowest BCUT2D eigenvalue weighted by Gasteiger charge is -2.21. The molecule has 164 valence electrons. The number of carbonyl (C=O) groups excluding carboxylic acids is 1. The first kappa shape index (κ1) is 21.6. The second-order valence-corrected chi connectivity index (χ2v) is 8.44. The molecule has 4 aromatic rings. The minimum absolute atomic E-state index is 0.247. The Labute approximate surface area is 191 Å². The number of aryl methyl sites for hydroxylation is 2. The van der Waals surface area contributed by atoms with Gasteiger partial charge in [-0.05, 0) is 61.4 Å². The molecule has 2 N–H and O–H groups in total. The van der Waals surface area contributed by atoms with Gasteiger partial charge in [0, 0.05) is 16.1 Å². The highest BCUT2D eigenvalue weighted by Gasteiger charge is 2.23. The van der Waals surface area contributed by atoms with Crippen LogP contribution < -0.4 is 15.4 Å². The molecule has 1 aromatic carbocycles. The van der Waals surface area contributed by atoms with Gasteiger partial charge in [0.15, 0.2) is 5.76 Å². The summed E-state index contributed by atoms with van der Waals surface area (Å²) < 4.78 is 10.7. The van der Waals surface area contributed by atoms with Gasteiger partial charge in [0.25, 0.3) is 5.91 Å². The number of hydrogen-bond acceptors (Lipinski definition) is 6. The van der Waals surface area contributed by atoms with E-state index in [0.29, 0.717) is 0 Å². The zero-order valence-electron chi connectivity index (χ0n) is 18.2. The van der Waals surface area contributed by atoms with Crippen LogP contribution in [0.25, 0.3) is 0 Å². The molecule has 0 aliphatic heterocycles. The smallest absolute Gasteiger partial charge is 0.291 e. The Morgan fingerprint density at radius 1 is 1.16 bits per heavy atom. The van der Waals surface area contributed by atoms with Crippen LogP contribution in [0, 0.1) is 6.92 Å². The summed E-state index contributed by atoms with van der Waals surface area (Å²) in [6.45, 7) is 4.06. The number of carbonyl (C=O) groups is 1. The van der Waals surface area contributed by atoms with Crippen molar-refractivity contribution >= 4 is 28.1 Å².